The van der Waals surface area contributed by atoms with Gasteiger partial charge in [0.15, 0.2) is 5.78 Å². The Labute approximate surface area is 124 Å². The lowest BCUT2D eigenvalue weighted by Gasteiger charge is -2.19. The predicted octanol–water partition coefficient (Wildman–Crippen LogP) is 3.95. The van der Waals surface area contributed by atoms with Crippen LogP contribution in [0, 0.1) is 0 Å². The van der Waals surface area contributed by atoms with Crippen LogP contribution in [0.5, 0.6) is 0 Å². The Kier molecular flexibility index (Phi) is 3.86. The van der Waals surface area contributed by atoms with Crippen LogP contribution in [0.3, 0.4) is 0 Å². The molecule has 0 unspecified atom stereocenters. The normalized spacial score (nSPS) is 15.1. The van der Waals surface area contributed by atoms with Crippen LogP contribution in [0.25, 0.3) is 0 Å². The average molecular weight is 340 g/mol. The van der Waals surface area contributed by atoms with Gasteiger partial charge >= 0.3 is 0 Å². The molecule has 1 aliphatic rings. The van der Waals surface area contributed by atoms with Gasteiger partial charge < -0.3 is 4.42 Å². The highest BCUT2D eigenvalue weighted by Crippen LogP contribution is 2.30. The van der Waals surface area contributed by atoms with Gasteiger partial charge in [-0.15, -0.1) is 11.3 Å². The zero-order valence-electron chi connectivity index (χ0n) is 10.3. The van der Waals surface area contributed by atoms with Gasteiger partial charge in [0.05, 0.1) is 24.2 Å². The maximum Gasteiger partial charge on any atom is 0.187 e. The monoisotopic (exact) mass is 339 g/mol. The molecular formula is C14H14BrNO2S. The first-order chi connectivity index (χ1) is 9.24. The van der Waals surface area contributed by atoms with Crippen LogP contribution in [0.15, 0.2) is 38.7 Å². The van der Waals surface area contributed by atoms with Crippen LogP contribution in [0.1, 0.15) is 28.3 Å². The fourth-order valence-corrected chi connectivity index (χ4v) is 3.63. The zero-order valence-corrected chi connectivity index (χ0v) is 12.7. The molecular weight excluding hydrogens is 326 g/mol. The van der Waals surface area contributed by atoms with E-state index in [1.54, 1.807) is 6.26 Å². The van der Waals surface area contributed by atoms with Crippen molar-refractivity contribution in [3.63, 3.8) is 0 Å². The van der Waals surface area contributed by atoms with Gasteiger partial charge in [0.2, 0.25) is 0 Å². The van der Waals surface area contributed by atoms with Gasteiger partial charge in [0.25, 0.3) is 0 Å². The highest BCUT2D eigenvalue weighted by Gasteiger charge is 2.31. The lowest BCUT2D eigenvalue weighted by atomic mass is 10.2. The summed E-state index contributed by atoms with van der Waals surface area (Å²) in [6, 6.07) is 6.30. The molecule has 1 aliphatic carbocycles. The van der Waals surface area contributed by atoms with E-state index in [0.29, 0.717) is 19.1 Å². The van der Waals surface area contributed by atoms with Crippen molar-refractivity contribution in [1.29, 1.82) is 0 Å². The third-order valence-corrected chi connectivity index (χ3v) is 5.10. The number of rotatable bonds is 6. The molecule has 2 aromatic rings. The fraction of sp³-hybridized carbons (Fsp3) is 0.357. The standard InChI is InChI=1S/C14H14BrNO2S/c15-12-5-7-19-14(12)13(17)9-16(10-3-4-10)8-11-2-1-6-18-11/h1-2,5-7,10H,3-4,8-9H2. The Morgan fingerprint density at radius 1 is 1.47 bits per heavy atom. The average Bonchev–Trinajstić information content (AvgIpc) is 2.94. The number of carbonyl (C=O) groups excluding carboxylic acids is 1. The van der Waals surface area contributed by atoms with Crippen molar-refractivity contribution in [3.05, 3.63) is 45.0 Å². The molecule has 1 fully saturated rings. The number of carbonyl (C=O) groups is 1. The molecule has 0 aliphatic heterocycles. The minimum absolute atomic E-state index is 0.181. The van der Waals surface area contributed by atoms with Crippen LogP contribution in [0.4, 0.5) is 0 Å². The largest absolute Gasteiger partial charge is 0.468 e. The van der Waals surface area contributed by atoms with E-state index in [1.807, 2.05) is 23.6 Å². The molecule has 0 spiro atoms. The van der Waals surface area contributed by atoms with Crippen molar-refractivity contribution >= 4 is 33.0 Å². The molecule has 0 N–H and O–H groups in total. The van der Waals surface area contributed by atoms with Gasteiger partial charge in [-0.25, -0.2) is 0 Å². The van der Waals surface area contributed by atoms with E-state index in [2.05, 4.69) is 20.8 Å². The molecule has 3 nitrogen and oxygen atoms in total. The molecule has 0 aromatic carbocycles. The number of hydrogen-bond donors (Lipinski definition) is 0. The second kappa shape index (κ2) is 5.61. The second-order valence-corrected chi connectivity index (χ2v) is 6.51. The van der Waals surface area contributed by atoms with Crippen molar-refractivity contribution in [2.45, 2.75) is 25.4 Å². The molecule has 3 rings (SSSR count). The summed E-state index contributed by atoms with van der Waals surface area (Å²) >= 11 is 4.92. The first-order valence-corrected chi connectivity index (χ1v) is 7.94. The topological polar surface area (TPSA) is 33.5 Å². The van der Waals surface area contributed by atoms with Crippen molar-refractivity contribution in [2.75, 3.05) is 6.54 Å². The SMILES string of the molecule is O=C(CN(Cc1ccco1)C1CC1)c1sccc1Br. The van der Waals surface area contributed by atoms with Gasteiger partial charge in [-0.05, 0) is 52.4 Å². The number of furan rings is 1. The van der Waals surface area contributed by atoms with Crippen molar-refractivity contribution in [2.24, 2.45) is 0 Å². The highest BCUT2D eigenvalue weighted by atomic mass is 79.9. The summed E-state index contributed by atoms with van der Waals surface area (Å²) < 4.78 is 6.28. The summed E-state index contributed by atoms with van der Waals surface area (Å²) in [5.41, 5.74) is 0. The lowest BCUT2D eigenvalue weighted by molar-refractivity contribution is 0.0917. The lowest BCUT2D eigenvalue weighted by Crippen LogP contribution is -2.31. The Bertz CT molecular complexity index is 560. The molecule has 2 heterocycles. The molecule has 19 heavy (non-hydrogen) atoms. The number of hydrogen-bond acceptors (Lipinski definition) is 4. The Morgan fingerprint density at radius 3 is 2.89 bits per heavy atom. The van der Waals surface area contributed by atoms with Crippen LogP contribution in [0.2, 0.25) is 0 Å². The Balaban J connectivity index is 1.68. The minimum atomic E-state index is 0.181. The van der Waals surface area contributed by atoms with E-state index < -0.39 is 0 Å². The van der Waals surface area contributed by atoms with E-state index in [0.717, 1.165) is 15.1 Å². The third kappa shape index (κ3) is 3.16. The van der Waals surface area contributed by atoms with Crippen LogP contribution < -0.4 is 0 Å². The van der Waals surface area contributed by atoms with E-state index in [9.17, 15) is 4.79 Å². The van der Waals surface area contributed by atoms with Crippen LogP contribution in [-0.2, 0) is 6.54 Å². The maximum atomic E-state index is 12.3. The molecule has 0 atom stereocenters. The molecule has 0 saturated heterocycles. The molecule has 1 saturated carbocycles. The van der Waals surface area contributed by atoms with Gasteiger partial charge in [0, 0.05) is 10.5 Å². The number of nitrogens with zero attached hydrogens (tertiary/aromatic N) is 1. The third-order valence-electron chi connectivity index (χ3n) is 3.22. The Morgan fingerprint density at radius 2 is 2.32 bits per heavy atom. The smallest absolute Gasteiger partial charge is 0.187 e. The summed E-state index contributed by atoms with van der Waals surface area (Å²) in [5, 5.41) is 1.94. The van der Waals surface area contributed by atoms with Crippen molar-refractivity contribution < 1.29 is 9.21 Å². The molecule has 0 radical (unpaired) electrons. The van der Waals surface area contributed by atoms with Crippen LogP contribution >= 0.6 is 27.3 Å². The molecule has 0 amide bonds. The van der Waals surface area contributed by atoms with Gasteiger partial charge in [-0.2, -0.15) is 0 Å². The van der Waals surface area contributed by atoms with E-state index >= 15 is 0 Å². The number of ketones is 1. The summed E-state index contributed by atoms with van der Waals surface area (Å²) in [5.74, 6) is 1.10. The quantitative estimate of drug-likeness (QED) is 0.747. The van der Waals surface area contributed by atoms with Crippen molar-refractivity contribution in [3.8, 4) is 0 Å². The summed E-state index contributed by atoms with van der Waals surface area (Å²) in [4.78, 5) is 15.3. The van der Waals surface area contributed by atoms with E-state index in [1.165, 1.54) is 24.2 Å². The first-order valence-electron chi connectivity index (χ1n) is 6.26. The molecule has 100 valence electrons. The molecule has 2 aromatic heterocycles. The first kappa shape index (κ1) is 13.1. The van der Waals surface area contributed by atoms with Gasteiger partial charge in [-0.3, -0.25) is 9.69 Å². The van der Waals surface area contributed by atoms with Gasteiger partial charge in [0.1, 0.15) is 5.76 Å². The number of thiophene rings is 1. The summed E-state index contributed by atoms with van der Waals surface area (Å²) in [7, 11) is 0. The number of halogens is 1. The minimum Gasteiger partial charge on any atom is -0.468 e. The summed E-state index contributed by atoms with van der Waals surface area (Å²) in [6.45, 7) is 1.18. The number of Topliss-reactive ketones (excluding diaryl/α,β-unsaturated/α-hetero) is 1. The fourth-order valence-electron chi connectivity index (χ4n) is 2.11. The van der Waals surface area contributed by atoms with Crippen LogP contribution in [-0.4, -0.2) is 23.3 Å². The maximum absolute atomic E-state index is 12.3. The van der Waals surface area contributed by atoms with Gasteiger partial charge in [-0.1, -0.05) is 0 Å². The molecule has 5 heteroatoms. The molecule has 0 bridgehead atoms. The Hall–Kier alpha value is -0.910. The van der Waals surface area contributed by atoms with Crippen molar-refractivity contribution in [1.82, 2.24) is 4.90 Å². The second-order valence-electron chi connectivity index (χ2n) is 4.74. The summed E-state index contributed by atoms with van der Waals surface area (Å²) in [6.07, 6.45) is 4.04. The zero-order chi connectivity index (χ0) is 13.2. The van der Waals surface area contributed by atoms with E-state index in [-0.39, 0.29) is 5.78 Å². The predicted molar refractivity (Wildman–Crippen MR) is 78.5 cm³/mol. The highest BCUT2D eigenvalue weighted by molar-refractivity contribution is 9.10. The van der Waals surface area contributed by atoms with E-state index in [4.69, 9.17) is 4.42 Å².